The van der Waals surface area contributed by atoms with E-state index < -0.39 is 29.9 Å². The fraction of sp³-hybridized carbons (Fsp3) is 0.474. The molecule has 0 spiro atoms. The van der Waals surface area contributed by atoms with Gasteiger partial charge in [0.2, 0.25) is 0 Å². The van der Waals surface area contributed by atoms with E-state index in [1.807, 2.05) is 66.7 Å². The van der Waals surface area contributed by atoms with Crippen LogP contribution in [0.3, 0.4) is 0 Å². The number of nitrogens with zero attached hydrogens (tertiary/aromatic N) is 1. The van der Waals surface area contributed by atoms with Crippen LogP contribution in [0.5, 0.6) is 5.75 Å². The highest BCUT2D eigenvalue weighted by molar-refractivity contribution is 5.69. The number of carbonyl (C=O) groups is 2. The van der Waals surface area contributed by atoms with E-state index in [0.717, 1.165) is 23.1 Å². The smallest absolute Gasteiger partial charge is 0.410 e. The molecule has 3 aromatic carbocycles. The van der Waals surface area contributed by atoms with Gasteiger partial charge in [-0.3, -0.25) is 0 Å². The SMILES string of the molecule is COc1cccc(CN(C[C@@H](O)[C@H](Cc2cccc(CC3CCCCC3)c2)NC(=O)OCc2ccccc2)C(=O)OC(C)(C)C)c1. The number of alkyl carbamates (subject to hydrolysis) is 1. The van der Waals surface area contributed by atoms with Gasteiger partial charge in [0.25, 0.3) is 0 Å². The van der Waals surface area contributed by atoms with Gasteiger partial charge >= 0.3 is 12.2 Å². The number of rotatable bonds is 13. The molecule has 0 aliphatic heterocycles. The summed E-state index contributed by atoms with van der Waals surface area (Å²) in [6.07, 6.45) is 5.49. The van der Waals surface area contributed by atoms with E-state index in [0.29, 0.717) is 18.1 Å². The molecule has 1 fully saturated rings. The van der Waals surface area contributed by atoms with Crippen LogP contribution in [0.25, 0.3) is 0 Å². The lowest BCUT2D eigenvalue weighted by Gasteiger charge is -2.32. The number of aliphatic hydroxyl groups is 1. The van der Waals surface area contributed by atoms with Crippen LogP contribution in [-0.4, -0.2) is 53.6 Å². The van der Waals surface area contributed by atoms with E-state index in [-0.39, 0.29) is 19.7 Å². The maximum atomic E-state index is 13.4. The Kier molecular flexibility index (Phi) is 12.9. The van der Waals surface area contributed by atoms with E-state index in [1.165, 1.54) is 42.6 Å². The lowest BCUT2D eigenvalue weighted by atomic mass is 9.84. The minimum atomic E-state index is -1.12. The fourth-order valence-corrected chi connectivity index (χ4v) is 5.94. The summed E-state index contributed by atoms with van der Waals surface area (Å²) in [7, 11) is 1.59. The zero-order valence-corrected chi connectivity index (χ0v) is 27.7. The standard InChI is InChI=1S/C38H50N2O6/c1-38(2,3)46-37(43)40(25-32-19-12-20-33(23-32)44-4)26-35(41)34(39-36(42)45-27-29-15-9-6-10-16-29)24-31-18-11-17-30(22-31)21-28-13-7-5-8-14-28/h6,9-12,15-20,22-23,28,34-35,41H,5,7-8,13-14,21,24-27H2,1-4H3,(H,39,42)/t34-,35+/m0/s1. The number of benzene rings is 3. The molecule has 0 aromatic heterocycles. The summed E-state index contributed by atoms with van der Waals surface area (Å²) in [6, 6.07) is 24.5. The molecular formula is C38H50N2O6. The molecule has 0 heterocycles. The summed E-state index contributed by atoms with van der Waals surface area (Å²) in [5, 5.41) is 14.6. The summed E-state index contributed by atoms with van der Waals surface area (Å²) in [5.41, 5.74) is 3.21. The molecular weight excluding hydrogens is 580 g/mol. The Balaban J connectivity index is 1.53. The van der Waals surface area contributed by atoms with Crippen molar-refractivity contribution in [1.82, 2.24) is 10.2 Å². The van der Waals surface area contributed by atoms with Crippen LogP contribution in [0.1, 0.15) is 75.1 Å². The number of hydrogen-bond acceptors (Lipinski definition) is 6. The van der Waals surface area contributed by atoms with Crippen LogP contribution >= 0.6 is 0 Å². The van der Waals surface area contributed by atoms with Crippen molar-refractivity contribution in [2.45, 2.75) is 96.6 Å². The van der Waals surface area contributed by atoms with Gasteiger partial charge in [-0.15, -0.1) is 0 Å². The van der Waals surface area contributed by atoms with Crippen molar-refractivity contribution in [3.8, 4) is 5.75 Å². The molecule has 1 aliphatic carbocycles. The van der Waals surface area contributed by atoms with Gasteiger partial charge < -0.3 is 29.5 Å². The molecule has 3 aromatic rings. The van der Waals surface area contributed by atoms with Gasteiger partial charge in [0, 0.05) is 6.54 Å². The first-order chi connectivity index (χ1) is 22.1. The fourth-order valence-electron chi connectivity index (χ4n) is 5.94. The van der Waals surface area contributed by atoms with Gasteiger partial charge in [-0.25, -0.2) is 9.59 Å². The van der Waals surface area contributed by atoms with Crippen molar-refractivity contribution in [3.63, 3.8) is 0 Å². The largest absolute Gasteiger partial charge is 0.497 e. The van der Waals surface area contributed by atoms with Crippen molar-refractivity contribution >= 4 is 12.2 Å². The summed E-state index contributed by atoms with van der Waals surface area (Å²) in [4.78, 5) is 27.9. The minimum Gasteiger partial charge on any atom is -0.497 e. The van der Waals surface area contributed by atoms with Gasteiger partial charge in [-0.2, -0.15) is 0 Å². The number of aliphatic hydroxyl groups excluding tert-OH is 1. The zero-order chi connectivity index (χ0) is 32.9. The van der Waals surface area contributed by atoms with Crippen LogP contribution < -0.4 is 10.1 Å². The number of carbonyl (C=O) groups excluding carboxylic acids is 2. The Morgan fingerprint density at radius 1 is 0.891 bits per heavy atom. The molecule has 2 atom stereocenters. The minimum absolute atomic E-state index is 0.0719. The van der Waals surface area contributed by atoms with Crippen molar-refractivity contribution in [3.05, 3.63) is 101 Å². The van der Waals surface area contributed by atoms with Crippen LogP contribution in [0.4, 0.5) is 9.59 Å². The summed E-state index contributed by atoms with van der Waals surface area (Å²) < 4.78 is 16.6. The second-order valence-corrected chi connectivity index (χ2v) is 13.3. The average Bonchev–Trinajstić information content (AvgIpc) is 3.03. The Bertz CT molecular complexity index is 1380. The molecule has 46 heavy (non-hydrogen) atoms. The van der Waals surface area contributed by atoms with E-state index >= 15 is 0 Å². The van der Waals surface area contributed by atoms with Gasteiger partial charge in [0.15, 0.2) is 0 Å². The highest BCUT2D eigenvalue weighted by Gasteiger charge is 2.30. The normalized spacial score (nSPS) is 15.0. The van der Waals surface area contributed by atoms with Crippen molar-refractivity contribution in [2.24, 2.45) is 5.92 Å². The van der Waals surface area contributed by atoms with E-state index in [9.17, 15) is 14.7 Å². The maximum Gasteiger partial charge on any atom is 0.410 e. The van der Waals surface area contributed by atoms with E-state index in [4.69, 9.17) is 14.2 Å². The van der Waals surface area contributed by atoms with Crippen molar-refractivity contribution < 1.29 is 28.9 Å². The number of amides is 2. The Hall–Kier alpha value is -4.04. The molecule has 0 unspecified atom stereocenters. The molecule has 2 N–H and O–H groups in total. The Morgan fingerprint density at radius 3 is 2.28 bits per heavy atom. The molecule has 0 bridgehead atoms. The third kappa shape index (κ3) is 11.7. The van der Waals surface area contributed by atoms with Gasteiger partial charge in [-0.05, 0) is 73.9 Å². The Labute approximate surface area is 274 Å². The zero-order valence-electron chi connectivity index (χ0n) is 27.7. The number of nitrogens with one attached hydrogen (secondary N) is 1. The van der Waals surface area contributed by atoms with E-state index in [2.05, 4.69) is 17.4 Å². The molecule has 1 aliphatic rings. The first-order valence-corrected chi connectivity index (χ1v) is 16.4. The third-order valence-electron chi connectivity index (χ3n) is 8.24. The summed E-state index contributed by atoms with van der Waals surface area (Å²) >= 11 is 0. The highest BCUT2D eigenvalue weighted by atomic mass is 16.6. The van der Waals surface area contributed by atoms with Crippen LogP contribution in [0, 0.1) is 5.92 Å². The summed E-state index contributed by atoms with van der Waals surface area (Å²) in [5.74, 6) is 1.35. The highest BCUT2D eigenvalue weighted by Crippen LogP contribution is 2.27. The quantitative estimate of drug-likeness (QED) is 0.204. The molecule has 248 valence electrons. The van der Waals surface area contributed by atoms with Gasteiger partial charge in [0.1, 0.15) is 18.0 Å². The summed E-state index contributed by atoms with van der Waals surface area (Å²) in [6.45, 7) is 5.63. The molecule has 8 nitrogen and oxygen atoms in total. The van der Waals surface area contributed by atoms with Crippen LogP contribution in [0.15, 0.2) is 78.9 Å². The van der Waals surface area contributed by atoms with Crippen LogP contribution in [0.2, 0.25) is 0 Å². The first kappa shape index (κ1) is 34.8. The molecule has 0 radical (unpaired) electrons. The Morgan fingerprint density at radius 2 is 1.57 bits per heavy atom. The van der Waals surface area contributed by atoms with Crippen LogP contribution in [-0.2, 0) is 35.5 Å². The number of hydrogen-bond donors (Lipinski definition) is 2. The predicted molar refractivity (Wildman–Crippen MR) is 180 cm³/mol. The maximum absolute atomic E-state index is 13.4. The van der Waals surface area contributed by atoms with Crippen molar-refractivity contribution in [1.29, 1.82) is 0 Å². The predicted octanol–water partition coefficient (Wildman–Crippen LogP) is 7.45. The molecule has 8 heteroatoms. The number of ether oxygens (including phenoxy) is 3. The lowest BCUT2D eigenvalue weighted by Crippen LogP contribution is -2.51. The second-order valence-electron chi connectivity index (χ2n) is 13.3. The molecule has 0 saturated heterocycles. The van der Waals surface area contributed by atoms with E-state index in [1.54, 1.807) is 27.9 Å². The monoisotopic (exact) mass is 630 g/mol. The lowest BCUT2D eigenvalue weighted by molar-refractivity contribution is 0.00807. The van der Waals surface area contributed by atoms with Gasteiger partial charge in [-0.1, -0.05) is 98.8 Å². The topological polar surface area (TPSA) is 97.3 Å². The average molecular weight is 631 g/mol. The van der Waals surface area contributed by atoms with Gasteiger partial charge in [0.05, 0.1) is 25.8 Å². The second kappa shape index (κ2) is 17.0. The first-order valence-electron chi connectivity index (χ1n) is 16.4. The van der Waals surface area contributed by atoms with Crippen molar-refractivity contribution in [2.75, 3.05) is 13.7 Å². The molecule has 2 amide bonds. The number of methoxy groups -OCH3 is 1. The third-order valence-corrected chi connectivity index (χ3v) is 8.24. The molecule has 4 rings (SSSR count). The molecule has 1 saturated carbocycles.